The summed E-state index contributed by atoms with van der Waals surface area (Å²) in [4.78, 5) is 1.51. The molecule has 4 aliphatic carbocycles. The zero-order chi connectivity index (χ0) is 14.7. The molecule has 4 aliphatic rings. The van der Waals surface area contributed by atoms with Gasteiger partial charge in [-0.25, -0.2) is 0 Å². The van der Waals surface area contributed by atoms with Crippen molar-refractivity contribution in [2.75, 3.05) is 0 Å². The number of hydrogen-bond donors (Lipinski definition) is 1. The number of fused-ring (bicyclic) bond motifs is 1. The van der Waals surface area contributed by atoms with Crippen molar-refractivity contribution in [1.82, 2.24) is 5.32 Å². The first-order valence-corrected chi connectivity index (χ1v) is 9.74. The Bertz CT molecular complexity index is 678. The van der Waals surface area contributed by atoms with Crippen LogP contribution in [0.1, 0.15) is 49.0 Å². The zero-order valence-corrected chi connectivity index (χ0v) is 14.2. The smallest absolute Gasteiger partial charge is 0.0375 e. The molecule has 0 aliphatic heterocycles. The number of nitrogens with one attached hydrogen (secondary N) is 1. The van der Waals surface area contributed by atoms with Gasteiger partial charge in [-0.05, 0) is 80.2 Å². The van der Waals surface area contributed by atoms with Crippen LogP contribution < -0.4 is 5.32 Å². The molecule has 4 saturated carbocycles. The van der Waals surface area contributed by atoms with Crippen LogP contribution >= 0.6 is 11.3 Å². The fourth-order valence-corrected chi connectivity index (χ4v) is 7.02. The largest absolute Gasteiger partial charge is 0.306 e. The average Bonchev–Trinajstić information content (AvgIpc) is 2.88. The van der Waals surface area contributed by atoms with E-state index in [0.29, 0.717) is 5.54 Å². The van der Waals surface area contributed by atoms with Crippen LogP contribution in [0.15, 0.2) is 24.3 Å². The highest BCUT2D eigenvalue weighted by Crippen LogP contribution is 2.55. The first-order chi connectivity index (χ1) is 10.7. The lowest BCUT2D eigenvalue weighted by Gasteiger charge is -2.57. The van der Waals surface area contributed by atoms with E-state index in [0.717, 1.165) is 24.3 Å². The van der Waals surface area contributed by atoms with Crippen molar-refractivity contribution in [3.05, 3.63) is 34.7 Å². The normalized spacial score (nSPS) is 36.3. The molecule has 0 saturated heterocycles. The molecule has 0 spiro atoms. The molecule has 0 unspecified atom stereocenters. The highest BCUT2D eigenvalue weighted by atomic mass is 32.1. The molecule has 2 aromatic rings. The monoisotopic (exact) mass is 311 g/mol. The van der Waals surface area contributed by atoms with Gasteiger partial charge >= 0.3 is 0 Å². The lowest BCUT2D eigenvalue weighted by molar-refractivity contribution is -0.0204. The van der Waals surface area contributed by atoms with Gasteiger partial charge in [0.05, 0.1) is 0 Å². The number of hydrogen-bond acceptors (Lipinski definition) is 2. The Hall–Kier alpha value is -0.860. The fourth-order valence-electron chi connectivity index (χ4n) is 5.95. The van der Waals surface area contributed by atoms with E-state index >= 15 is 0 Å². The van der Waals surface area contributed by atoms with Gasteiger partial charge in [-0.1, -0.05) is 18.2 Å². The minimum absolute atomic E-state index is 0.486. The summed E-state index contributed by atoms with van der Waals surface area (Å²) >= 11 is 1.99. The van der Waals surface area contributed by atoms with Crippen LogP contribution in [-0.4, -0.2) is 5.54 Å². The molecule has 4 fully saturated rings. The first kappa shape index (κ1) is 13.6. The molecule has 6 rings (SSSR count). The SMILES string of the molecule is Cc1cccc2cc(CNC34CC5CC(CC(C5)C3)C4)sc12. The quantitative estimate of drug-likeness (QED) is 0.814. The Morgan fingerprint density at radius 1 is 1.09 bits per heavy atom. The summed E-state index contributed by atoms with van der Waals surface area (Å²) in [7, 11) is 0. The topological polar surface area (TPSA) is 12.0 Å². The van der Waals surface area contributed by atoms with E-state index < -0.39 is 0 Å². The van der Waals surface area contributed by atoms with Crippen LogP contribution in [0.2, 0.25) is 0 Å². The Morgan fingerprint density at radius 3 is 2.41 bits per heavy atom. The number of benzene rings is 1. The molecule has 0 radical (unpaired) electrons. The molecule has 1 aromatic heterocycles. The maximum absolute atomic E-state index is 4.03. The standard InChI is InChI=1S/C20H25NS/c1-13-3-2-4-17-8-18(22-19(13)17)12-21-20-9-14-5-15(10-20)7-16(6-14)11-20/h2-4,8,14-16,21H,5-7,9-12H2,1H3. The van der Waals surface area contributed by atoms with Crippen LogP contribution in [0, 0.1) is 24.7 Å². The fraction of sp³-hybridized carbons (Fsp3) is 0.600. The van der Waals surface area contributed by atoms with Crippen molar-refractivity contribution < 1.29 is 0 Å². The Kier molecular flexibility index (Phi) is 2.97. The van der Waals surface area contributed by atoms with Gasteiger partial charge in [-0.15, -0.1) is 11.3 Å². The molecule has 1 heterocycles. The average molecular weight is 311 g/mol. The van der Waals surface area contributed by atoms with E-state index in [2.05, 4.69) is 36.5 Å². The Balaban J connectivity index is 1.37. The number of thiophene rings is 1. The second kappa shape index (κ2) is 4.82. The molecule has 1 N–H and O–H groups in total. The van der Waals surface area contributed by atoms with E-state index in [-0.39, 0.29) is 0 Å². The van der Waals surface area contributed by atoms with E-state index in [4.69, 9.17) is 0 Å². The lowest BCUT2D eigenvalue weighted by Crippen LogP contribution is -2.58. The molecular formula is C20H25NS. The van der Waals surface area contributed by atoms with Crippen LogP contribution in [0.3, 0.4) is 0 Å². The summed E-state index contributed by atoms with van der Waals surface area (Å²) < 4.78 is 1.48. The van der Waals surface area contributed by atoms with Crippen LogP contribution in [-0.2, 0) is 6.54 Å². The first-order valence-electron chi connectivity index (χ1n) is 8.92. The highest BCUT2D eigenvalue weighted by Gasteiger charge is 2.50. The Morgan fingerprint density at radius 2 is 1.77 bits per heavy atom. The van der Waals surface area contributed by atoms with Crippen LogP contribution in [0.25, 0.3) is 10.1 Å². The summed E-state index contributed by atoms with van der Waals surface area (Å²) in [6.07, 6.45) is 8.93. The molecule has 116 valence electrons. The second-order valence-corrected chi connectivity index (χ2v) is 9.39. The van der Waals surface area contributed by atoms with Crippen molar-refractivity contribution in [2.24, 2.45) is 17.8 Å². The van der Waals surface area contributed by atoms with E-state index in [9.17, 15) is 0 Å². The molecule has 22 heavy (non-hydrogen) atoms. The third-order valence-electron chi connectivity index (χ3n) is 6.47. The van der Waals surface area contributed by atoms with Gasteiger partial charge in [-0.3, -0.25) is 0 Å². The van der Waals surface area contributed by atoms with Gasteiger partial charge in [0.25, 0.3) is 0 Å². The molecule has 0 atom stereocenters. The third-order valence-corrected chi connectivity index (χ3v) is 7.75. The summed E-state index contributed by atoms with van der Waals surface area (Å²) in [5.41, 5.74) is 1.91. The highest BCUT2D eigenvalue weighted by molar-refractivity contribution is 7.19. The summed E-state index contributed by atoms with van der Waals surface area (Å²) in [5.74, 6) is 3.09. The van der Waals surface area contributed by atoms with Crippen molar-refractivity contribution in [1.29, 1.82) is 0 Å². The predicted octanol–water partition coefficient (Wildman–Crippen LogP) is 5.27. The van der Waals surface area contributed by atoms with Gasteiger partial charge in [0.1, 0.15) is 0 Å². The molecular weight excluding hydrogens is 286 g/mol. The molecule has 0 amide bonds. The van der Waals surface area contributed by atoms with Gasteiger partial charge in [-0.2, -0.15) is 0 Å². The van der Waals surface area contributed by atoms with Crippen molar-refractivity contribution >= 4 is 21.4 Å². The molecule has 4 bridgehead atoms. The summed E-state index contributed by atoms with van der Waals surface area (Å²) in [6, 6.07) is 9.07. The predicted molar refractivity (Wildman–Crippen MR) is 94.3 cm³/mol. The molecule has 1 nitrogen and oxygen atoms in total. The van der Waals surface area contributed by atoms with Gasteiger partial charge in [0.15, 0.2) is 0 Å². The minimum Gasteiger partial charge on any atom is -0.306 e. The van der Waals surface area contributed by atoms with E-state index in [1.165, 1.54) is 59.1 Å². The van der Waals surface area contributed by atoms with Crippen molar-refractivity contribution in [3.63, 3.8) is 0 Å². The number of rotatable bonds is 3. The molecule has 1 aromatic carbocycles. The van der Waals surface area contributed by atoms with Gasteiger partial charge < -0.3 is 5.32 Å². The van der Waals surface area contributed by atoms with Crippen molar-refractivity contribution in [3.8, 4) is 0 Å². The summed E-state index contributed by atoms with van der Waals surface area (Å²) in [5, 5.41) is 5.46. The van der Waals surface area contributed by atoms with E-state index in [1.54, 1.807) is 0 Å². The molecule has 2 heteroatoms. The maximum Gasteiger partial charge on any atom is 0.0375 e. The van der Waals surface area contributed by atoms with Gasteiger partial charge in [0.2, 0.25) is 0 Å². The van der Waals surface area contributed by atoms with Crippen LogP contribution in [0.4, 0.5) is 0 Å². The van der Waals surface area contributed by atoms with E-state index in [1.807, 2.05) is 11.3 Å². The van der Waals surface area contributed by atoms with Crippen molar-refractivity contribution in [2.45, 2.75) is 57.5 Å². The second-order valence-electron chi connectivity index (χ2n) is 8.26. The van der Waals surface area contributed by atoms with Gasteiger partial charge in [0, 0.05) is 21.7 Å². The zero-order valence-electron chi connectivity index (χ0n) is 13.4. The maximum atomic E-state index is 4.03. The number of aryl methyl sites for hydroxylation is 1. The minimum atomic E-state index is 0.486. The Labute approximate surface area is 137 Å². The summed E-state index contributed by atoms with van der Waals surface area (Å²) in [6.45, 7) is 3.31. The van der Waals surface area contributed by atoms with Crippen LogP contribution in [0.5, 0.6) is 0 Å². The lowest BCUT2D eigenvalue weighted by atomic mass is 9.53. The third kappa shape index (κ3) is 2.15.